The summed E-state index contributed by atoms with van der Waals surface area (Å²) < 4.78 is 11.5. The Morgan fingerprint density at radius 2 is 1.90 bits per heavy atom. The van der Waals surface area contributed by atoms with Gasteiger partial charge in [-0.1, -0.05) is 6.07 Å². The van der Waals surface area contributed by atoms with E-state index in [0.29, 0.717) is 0 Å². The molecule has 0 fully saturated rings. The van der Waals surface area contributed by atoms with Gasteiger partial charge < -0.3 is 14.8 Å². The van der Waals surface area contributed by atoms with Gasteiger partial charge in [0.1, 0.15) is 5.82 Å². The third-order valence-corrected chi connectivity index (χ3v) is 3.66. The molecule has 0 saturated heterocycles. The molecule has 1 unspecified atom stereocenters. The van der Waals surface area contributed by atoms with Crippen molar-refractivity contribution in [1.82, 2.24) is 4.98 Å². The molecule has 4 nitrogen and oxygen atoms in total. The van der Waals surface area contributed by atoms with Crippen LogP contribution < -0.4 is 14.8 Å². The first-order chi connectivity index (χ1) is 9.65. The van der Waals surface area contributed by atoms with Crippen molar-refractivity contribution in [3.63, 3.8) is 0 Å². The van der Waals surface area contributed by atoms with Gasteiger partial charge in [-0.15, -0.1) is 0 Å². The topological polar surface area (TPSA) is 43.4 Å². The molecule has 0 aliphatic rings. The summed E-state index contributed by atoms with van der Waals surface area (Å²) in [5.74, 6) is 2.26. The summed E-state index contributed by atoms with van der Waals surface area (Å²) >= 11 is 3.48. The van der Waals surface area contributed by atoms with Crippen molar-refractivity contribution in [2.45, 2.75) is 13.0 Å². The Balaban J connectivity index is 2.21. The van der Waals surface area contributed by atoms with E-state index in [0.717, 1.165) is 27.4 Å². The largest absolute Gasteiger partial charge is 0.493 e. The number of hydrogen-bond acceptors (Lipinski definition) is 4. The average molecular weight is 337 g/mol. The molecule has 2 aromatic rings. The summed E-state index contributed by atoms with van der Waals surface area (Å²) in [4.78, 5) is 4.31. The summed E-state index contributed by atoms with van der Waals surface area (Å²) in [6, 6.07) is 9.82. The van der Waals surface area contributed by atoms with Crippen LogP contribution in [0.5, 0.6) is 11.5 Å². The molecule has 0 bridgehead atoms. The molecule has 0 saturated carbocycles. The van der Waals surface area contributed by atoms with E-state index in [1.165, 1.54) is 0 Å². The molecule has 20 heavy (non-hydrogen) atoms. The van der Waals surface area contributed by atoms with Crippen LogP contribution in [0.3, 0.4) is 0 Å². The fourth-order valence-corrected chi connectivity index (χ4v) is 2.27. The van der Waals surface area contributed by atoms with E-state index in [-0.39, 0.29) is 6.04 Å². The van der Waals surface area contributed by atoms with Crippen LogP contribution >= 0.6 is 15.9 Å². The van der Waals surface area contributed by atoms with Gasteiger partial charge in [0.15, 0.2) is 11.5 Å². The number of ether oxygens (including phenoxy) is 2. The fourth-order valence-electron chi connectivity index (χ4n) is 1.90. The highest BCUT2D eigenvalue weighted by Gasteiger charge is 2.11. The maximum absolute atomic E-state index is 5.32. The van der Waals surface area contributed by atoms with Crippen molar-refractivity contribution in [1.29, 1.82) is 0 Å². The highest BCUT2D eigenvalue weighted by Crippen LogP contribution is 2.31. The molecule has 106 valence electrons. The average Bonchev–Trinajstić information content (AvgIpc) is 2.48. The number of anilines is 1. The molecule has 1 N–H and O–H groups in total. The minimum atomic E-state index is 0.0982. The number of nitrogens with zero attached hydrogens (tertiary/aromatic N) is 1. The summed E-state index contributed by atoms with van der Waals surface area (Å²) in [6.07, 6.45) is 1.76. The molecule has 1 aromatic heterocycles. The van der Waals surface area contributed by atoms with E-state index in [1.807, 2.05) is 30.3 Å². The van der Waals surface area contributed by atoms with Crippen LogP contribution in [0.1, 0.15) is 18.5 Å². The van der Waals surface area contributed by atoms with Crippen LogP contribution in [0.25, 0.3) is 0 Å². The molecule has 0 amide bonds. The zero-order valence-electron chi connectivity index (χ0n) is 11.7. The first-order valence-corrected chi connectivity index (χ1v) is 7.04. The Kier molecular flexibility index (Phi) is 4.84. The number of hydrogen-bond donors (Lipinski definition) is 1. The monoisotopic (exact) mass is 336 g/mol. The van der Waals surface area contributed by atoms with Crippen molar-refractivity contribution >= 4 is 21.7 Å². The zero-order valence-corrected chi connectivity index (χ0v) is 13.3. The second-order valence-corrected chi connectivity index (χ2v) is 5.17. The third kappa shape index (κ3) is 3.22. The Bertz CT molecular complexity index is 590. The number of halogens is 1. The summed E-state index contributed by atoms with van der Waals surface area (Å²) in [7, 11) is 3.26. The van der Waals surface area contributed by atoms with E-state index < -0.39 is 0 Å². The molecule has 0 aliphatic carbocycles. The molecular weight excluding hydrogens is 320 g/mol. The maximum Gasteiger partial charge on any atom is 0.161 e. The quantitative estimate of drug-likeness (QED) is 0.894. The Hall–Kier alpha value is -1.75. The number of nitrogens with one attached hydrogen (secondary N) is 1. The first-order valence-electron chi connectivity index (χ1n) is 6.24. The molecular formula is C15H17BrN2O2. The van der Waals surface area contributed by atoms with E-state index in [4.69, 9.17) is 9.47 Å². The lowest BCUT2D eigenvalue weighted by Gasteiger charge is -2.17. The van der Waals surface area contributed by atoms with Crippen molar-refractivity contribution in [3.8, 4) is 11.5 Å². The number of pyridine rings is 1. The van der Waals surface area contributed by atoms with Crippen LogP contribution in [-0.2, 0) is 0 Å². The molecule has 2 rings (SSSR count). The van der Waals surface area contributed by atoms with E-state index in [2.05, 4.69) is 33.2 Å². The van der Waals surface area contributed by atoms with Gasteiger partial charge >= 0.3 is 0 Å². The predicted molar refractivity (Wildman–Crippen MR) is 83.5 cm³/mol. The third-order valence-electron chi connectivity index (χ3n) is 3.02. The fraction of sp³-hybridized carbons (Fsp3) is 0.267. The lowest BCUT2D eigenvalue weighted by atomic mass is 10.1. The van der Waals surface area contributed by atoms with Crippen LogP contribution in [0.15, 0.2) is 41.0 Å². The van der Waals surface area contributed by atoms with E-state index in [1.54, 1.807) is 20.4 Å². The molecule has 0 aliphatic heterocycles. The minimum Gasteiger partial charge on any atom is -0.493 e. The predicted octanol–water partition coefficient (Wildman–Crippen LogP) is 4.03. The lowest BCUT2D eigenvalue weighted by Crippen LogP contribution is -2.08. The lowest BCUT2D eigenvalue weighted by molar-refractivity contribution is 0.354. The SMILES string of the molecule is COc1ccc(C(C)Nc2ncccc2Br)cc1OC. The van der Waals surface area contributed by atoms with Gasteiger partial charge in [-0.25, -0.2) is 4.98 Å². The molecule has 0 spiro atoms. The number of aromatic nitrogens is 1. The Morgan fingerprint density at radius 1 is 1.15 bits per heavy atom. The van der Waals surface area contributed by atoms with E-state index in [9.17, 15) is 0 Å². The van der Waals surface area contributed by atoms with Crippen molar-refractivity contribution in [2.75, 3.05) is 19.5 Å². The molecule has 1 aromatic carbocycles. The molecule has 1 heterocycles. The van der Waals surface area contributed by atoms with Gasteiger partial charge in [0, 0.05) is 6.20 Å². The summed E-state index contributed by atoms with van der Waals surface area (Å²) in [5.41, 5.74) is 1.10. The molecule has 5 heteroatoms. The van der Waals surface area contributed by atoms with Gasteiger partial charge in [-0.3, -0.25) is 0 Å². The normalized spacial score (nSPS) is 11.8. The first kappa shape index (κ1) is 14.7. The van der Waals surface area contributed by atoms with Crippen LogP contribution in [0.2, 0.25) is 0 Å². The number of rotatable bonds is 5. The van der Waals surface area contributed by atoms with Gasteiger partial charge in [-0.05, 0) is 52.7 Å². The maximum atomic E-state index is 5.32. The van der Waals surface area contributed by atoms with E-state index >= 15 is 0 Å². The minimum absolute atomic E-state index is 0.0982. The zero-order chi connectivity index (χ0) is 14.5. The summed E-state index contributed by atoms with van der Waals surface area (Å²) in [5, 5.41) is 3.36. The second-order valence-electron chi connectivity index (χ2n) is 4.31. The van der Waals surface area contributed by atoms with Gasteiger partial charge in [-0.2, -0.15) is 0 Å². The molecule has 0 radical (unpaired) electrons. The Morgan fingerprint density at radius 3 is 2.55 bits per heavy atom. The summed E-state index contributed by atoms with van der Waals surface area (Å²) in [6.45, 7) is 2.07. The smallest absolute Gasteiger partial charge is 0.161 e. The Labute approximate surface area is 127 Å². The van der Waals surface area contributed by atoms with Gasteiger partial charge in [0.2, 0.25) is 0 Å². The number of methoxy groups -OCH3 is 2. The highest BCUT2D eigenvalue weighted by atomic mass is 79.9. The van der Waals surface area contributed by atoms with Crippen LogP contribution in [0, 0.1) is 0 Å². The van der Waals surface area contributed by atoms with Crippen molar-refractivity contribution < 1.29 is 9.47 Å². The second kappa shape index (κ2) is 6.61. The van der Waals surface area contributed by atoms with Crippen LogP contribution in [-0.4, -0.2) is 19.2 Å². The highest BCUT2D eigenvalue weighted by molar-refractivity contribution is 9.10. The van der Waals surface area contributed by atoms with Gasteiger partial charge in [0.25, 0.3) is 0 Å². The standard InChI is InChI=1S/C15H17BrN2O2/c1-10(18-15-12(16)5-4-8-17-15)11-6-7-13(19-2)14(9-11)20-3/h4-10H,1-3H3,(H,17,18). The van der Waals surface area contributed by atoms with Crippen molar-refractivity contribution in [3.05, 3.63) is 46.6 Å². The molecule has 1 atom stereocenters. The number of benzene rings is 1. The van der Waals surface area contributed by atoms with Crippen LogP contribution in [0.4, 0.5) is 5.82 Å². The van der Waals surface area contributed by atoms with Gasteiger partial charge in [0.05, 0.1) is 24.7 Å². The van der Waals surface area contributed by atoms with Crippen molar-refractivity contribution in [2.24, 2.45) is 0 Å².